The van der Waals surface area contributed by atoms with Gasteiger partial charge in [0.05, 0.1) is 23.9 Å². The Morgan fingerprint density at radius 3 is 2.82 bits per heavy atom. The van der Waals surface area contributed by atoms with E-state index in [-0.39, 0.29) is 5.91 Å². The van der Waals surface area contributed by atoms with Crippen LogP contribution in [0.4, 0.5) is 5.69 Å². The first-order valence-corrected chi connectivity index (χ1v) is 7.72. The molecule has 0 unspecified atom stereocenters. The van der Waals surface area contributed by atoms with Gasteiger partial charge in [0.25, 0.3) is 5.91 Å². The Balaban J connectivity index is 2.32. The van der Waals surface area contributed by atoms with E-state index in [1.165, 1.54) is 0 Å². The summed E-state index contributed by atoms with van der Waals surface area (Å²) in [4.78, 5) is 12.5. The molecule has 1 aromatic carbocycles. The van der Waals surface area contributed by atoms with Gasteiger partial charge in [-0.15, -0.1) is 0 Å². The van der Waals surface area contributed by atoms with Gasteiger partial charge in [0, 0.05) is 17.2 Å². The molecule has 0 bridgehead atoms. The molecule has 0 spiro atoms. The van der Waals surface area contributed by atoms with Crippen LogP contribution < -0.4 is 10.1 Å². The number of nitrogens with zero attached hydrogens (tertiary/aromatic N) is 2. The van der Waals surface area contributed by atoms with Crippen molar-refractivity contribution in [2.24, 2.45) is 0 Å². The molecule has 0 atom stereocenters. The number of hydrogen-bond donors (Lipinski definition) is 1. The number of aromatic nitrogens is 1. The van der Waals surface area contributed by atoms with Crippen LogP contribution in [0.1, 0.15) is 29.9 Å². The van der Waals surface area contributed by atoms with Crippen LogP contribution in [0.2, 0.25) is 0 Å². The maximum atomic E-state index is 12.5. The predicted octanol–water partition coefficient (Wildman–Crippen LogP) is 3.79. The Morgan fingerprint density at radius 2 is 2.18 bits per heavy atom. The molecule has 1 amide bonds. The van der Waals surface area contributed by atoms with Crippen molar-refractivity contribution in [1.29, 1.82) is 5.26 Å². The van der Waals surface area contributed by atoms with Crippen LogP contribution in [0, 0.1) is 11.3 Å². The molecule has 0 aliphatic rings. The lowest BCUT2D eigenvalue weighted by Gasteiger charge is -2.12. The van der Waals surface area contributed by atoms with Crippen LogP contribution in [-0.4, -0.2) is 17.1 Å². The molecule has 0 aliphatic heterocycles. The summed E-state index contributed by atoms with van der Waals surface area (Å²) in [6.45, 7) is 4.99. The summed E-state index contributed by atoms with van der Waals surface area (Å²) >= 11 is 3.37. The van der Waals surface area contributed by atoms with Gasteiger partial charge in [-0.05, 0) is 54.0 Å². The number of benzene rings is 1. The SMILES string of the molecule is CCOc1ccc(C#N)cc1NC(=O)c1cc(Br)cn1CC. The first kappa shape index (κ1) is 16.1. The smallest absolute Gasteiger partial charge is 0.272 e. The summed E-state index contributed by atoms with van der Waals surface area (Å²) in [6, 6.07) is 8.77. The number of anilines is 1. The summed E-state index contributed by atoms with van der Waals surface area (Å²) in [6.07, 6.45) is 1.85. The van der Waals surface area contributed by atoms with Crippen molar-refractivity contribution in [2.75, 3.05) is 11.9 Å². The van der Waals surface area contributed by atoms with E-state index < -0.39 is 0 Å². The first-order chi connectivity index (χ1) is 10.6. The minimum atomic E-state index is -0.247. The number of ether oxygens (including phenoxy) is 1. The van der Waals surface area contributed by atoms with E-state index in [0.717, 1.165) is 4.47 Å². The minimum absolute atomic E-state index is 0.247. The highest BCUT2D eigenvalue weighted by atomic mass is 79.9. The van der Waals surface area contributed by atoms with Crippen molar-refractivity contribution in [3.63, 3.8) is 0 Å². The monoisotopic (exact) mass is 361 g/mol. The normalized spacial score (nSPS) is 10.1. The van der Waals surface area contributed by atoms with Crippen LogP contribution in [0.3, 0.4) is 0 Å². The summed E-state index contributed by atoms with van der Waals surface area (Å²) in [5.41, 5.74) is 1.50. The molecule has 6 heteroatoms. The van der Waals surface area contributed by atoms with Gasteiger partial charge in [-0.25, -0.2) is 0 Å². The number of hydrogen-bond acceptors (Lipinski definition) is 3. The summed E-state index contributed by atoms with van der Waals surface area (Å²) in [5, 5.41) is 11.8. The molecule has 2 rings (SSSR count). The Bertz CT molecular complexity index is 731. The molecule has 22 heavy (non-hydrogen) atoms. The van der Waals surface area contributed by atoms with E-state index in [2.05, 4.69) is 27.3 Å². The lowest BCUT2D eigenvalue weighted by atomic mass is 10.2. The lowest BCUT2D eigenvalue weighted by molar-refractivity contribution is 0.101. The number of carbonyl (C=O) groups excluding carboxylic acids is 1. The second kappa shape index (κ2) is 7.14. The van der Waals surface area contributed by atoms with Gasteiger partial charge in [0.1, 0.15) is 11.4 Å². The largest absolute Gasteiger partial charge is 0.492 e. The lowest BCUT2D eigenvalue weighted by Crippen LogP contribution is -2.17. The number of nitrogens with one attached hydrogen (secondary N) is 1. The van der Waals surface area contributed by atoms with Crippen LogP contribution in [0.15, 0.2) is 34.9 Å². The molecule has 1 aromatic heterocycles. The molecule has 0 fully saturated rings. The number of nitriles is 1. The number of amides is 1. The molecule has 0 aliphatic carbocycles. The molecule has 114 valence electrons. The average molecular weight is 362 g/mol. The number of halogens is 1. The third-order valence-corrected chi connectivity index (χ3v) is 3.53. The summed E-state index contributed by atoms with van der Waals surface area (Å²) in [7, 11) is 0. The quantitative estimate of drug-likeness (QED) is 0.880. The highest BCUT2D eigenvalue weighted by Crippen LogP contribution is 2.27. The van der Waals surface area contributed by atoms with Crippen molar-refractivity contribution in [1.82, 2.24) is 4.57 Å². The van der Waals surface area contributed by atoms with Crippen molar-refractivity contribution >= 4 is 27.5 Å². The van der Waals surface area contributed by atoms with Gasteiger partial charge >= 0.3 is 0 Å². The van der Waals surface area contributed by atoms with Gasteiger partial charge in [-0.2, -0.15) is 5.26 Å². The third kappa shape index (κ3) is 3.49. The Hall–Kier alpha value is -2.26. The Morgan fingerprint density at radius 1 is 1.41 bits per heavy atom. The average Bonchev–Trinajstić information content (AvgIpc) is 2.90. The zero-order chi connectivity index (χ0) is 16.1. The van der Waals surface area contributed by atoms with Crippen molar-refractivity contribution < 1.29 is 9.53 Å². The van der Waals surface area contributed by atoms with Gasteiger partial charge in [-0.1, -0.05) is 0 Å². The third-order valence-electron chi connectivity index (χ3n) is 3.09. The molecule has 5 nitrogen and oxygen atoms in total. The fourth-order valence-corrected chi connectivity index (χ4v) is 2.56. The predicted molar refractivity (Wildman–Crippen MR) is 88.1 cm³/mol. The maximum absolute atomic E-state index is 12.5. The van der Waals surface area contributed by atoms with Crippen LogP contribution in [-0.2, 0) is 6.54 Å². The highest BCUT2D eigenvalue weighted by molar-refractivity contribution is 9.10. The van der Waals surface area contributed by atoms with Gasteiger partial charge in [0.2, 0.25) is 0 Å². The van der Waals surface area contributed by atoms with E-state index in [0.29, 0.717) is 35.8 Å². The molecule has 0 saturated heterocycles. The van der Waals surface area contributed by atoms with Crippen LogP contribution in [0.5, 0.6) is 5.75 Å². The fraction of sp³-hybridized carbons (Fsp3) is 0.250. The second-order valence-electron chi connectivity index (χ2n) is 4.54. The molecule has 0 saturated carbocycles. The van der Waals surface area contributed by atoms with E-state index in [1.54, 1.807) is 24.3 Å². The maximum Gasteiger partial charge on any atom is 0.272 e. The van der Waals surface area contributed by atoms with Crippen LogP contribution >= 0.6 is 15.9 Å². The molecular formula is C16H16BrN3O2. The second-order valence-corrected chi connectivity index (χ2v) is 5.46. The zero-order valence-corrected chi connectivity index (χ0v) is 14.0. The molecule has 2 aromatic rings. The first-order valence-electron chi connectivity index (χ1n) is 6.93. The van der Waals surface area contributed by atoms with Gasteiger partial charge < -0.3 is 14.6 Å². The molecule has 1 heterocycles. The molecular weight excluding hydrogens is 346 g/mol. The van der Waals surface area contributed by atoms with E-state index in [1.807, 2.05) is 24.6 Å². The van der Waals surface area contributed by atoms with Crippen molar-refractivity contribution in [3.05, 3.63) is 46.2 Å². The van der Waals surface area contributed by atoms with Crippen LogP contribution in [0.25, 0.3) is 0 Å². The fourth-order valence-electron chi connectivity index (χ4n) is 2.09. The number of aryl methyl sites for hydroxylation is 1. The highest BCUT2D eigenvalue weighted by Gasteiger charge is 2.15. The van der Waals surface area contributed by atoms with E-state index >= 15 is 0 Å². The molecule has 1 N–H and O–H groups in total. The molecule has 0 radical (unpaired) electrons. The summed E-state index contributed by atoms with van der Waals surface area (Å²) in [5.74, 6) is 0.298. The summed E-state index contributed by atoms with van der Waals surface area (Å²) < 4.78 is 8.18. The Kier molecular flexibility index (Phi) is 5.23. The minimum Gasteiger partial charge on any atom is -0.492 e. The van der Waals surface area contributed by atoms with Crippen molar-refractivity contribution in [2.45, 2.75) is 20.4 Å². The Labute approximate surface area is 137 Å². The standard InChI is InChI=1S/C16H16BrN3O2/c1-3-20-10-12(17)8-14(20)16(21)19-13-7-11(9-18)5-6-15(13)22-4-2/h5-8,10H,3-4H2,1-2H3,(H,19,21). The topological polar surface area (TPSA) is 67.0 Å². The number of carbonyl (C=O) groups is 1. The van der Waals surface area contributed by atoms with Gasteiger partial charge in [0.15, 0.2) is 0 Å². The van der Waals surface area contributed by atoms with Gasteiger partial charge in [-0.3, -0.25) is 4.79 Å². The number of rotatable bonds is 5. The van der Waals surface area contributed by atoms with Crippen molar-refractivity contribution in [3.8, 4) is 11.8 Å². The van der Waals surface area contributed by atoms with E-state index in [9.17, 15) is 4.79 Å². The van der Waals surface area contributed by atoms with E-state index in [4.69, 9.17) is 10.00 Å². The zero-order valence-electron chi connectivity index (χ0n) is 12.4.